The monoisotopic (exact) mass is 200 g/mol. The van der Waals surface area contributed by atoms with Gasteiger partial charge in [-0.15, -0.1) is 0 Å². The van der Waals surface area contributed by atoms with Crippen LogP contribution in [0.15, 0.2) is 0 Å². The highest BCUT2D eigenvalue weighted by molar-refractivity contribution is 4.85. The Hall–Kier alpha value is -0.120. The second-order valence-corrected chi connectivity index (χ2v) is 4.96. The van der Waals surface area contributed by atoms with Crippen LogP contribution in [-0.4, -0.2) is 49.3 Å². The number of hydrogen-bond acceptors (Lipinski definition) is 3. The van der Waals surface area contributed by atoms with Crippen molar-refractivity contribution < 1.29 is 5.11 Å². The average Bonchev–Trinajstić information content (AvgIpc) is 2.11. The summed E-state index contributed by atoms with van der Waals surface area (Å²) < 4.78 is 0. The summed E-state index contributed by atoms with van der Waals surface area (Å²) in [5.41, 5.74) is -0.154. The van der Waals surface area contributed by atoms with Gasteiger partial charge in [0.1, 0.15) is 0 Å². The number of rotatable bonds is 6. The molecule has 0 aromatic carbocycles. The molecule has 14 heavy (non-hydrogen) atoms. The molecular weight excluding hydrogens is 176 g/mol. The molecule has 2 N–H and O–H groups in total. The summed E-state index contributed by atoms with van der Waals surface area (Å²) in [6.45, 7) is 4.34. The summed E-state index contributed by atoms with van der Waals surface area (Å²) in [6, 6.07) is 0. The molecule has 0 spiro atoms. The van der Waals surface area contributed by atoms with Gasteiger partial charge in [0, 0.05) is 13.1 Å². The van der Waals surface area contributed by atoms with Gasteiger partial charge in [-0.2, -0.15) is 0 Å². The van der Waals surface area contributed by atoms with E-state index in [-0.39, 0.29) is 12.1 Å². The third kappa shape index (κ3) is 3.23. The summed E-state index contributed by atoms with van der Waals surface area (Å²) in [5, 5.41) is 12.4. The Morgan fingerprint density at radius 3 is 2.50 bits per heavy atom. The molecule has 1 atom stereocenters. The molecule has 1 aliphatic rings. The van der Waals surface area contributed by atoms with Gasteiger partial charge in [-0.3, -0.25) is 0 Å². The van der Waals surface area contributed by atoms with Crippen LogP contribution in [-0.2, 0) is 0 Å². The number of nitrogens with one attached hydrogen (secondary N) is 1. The van der Waals surface area contributed by atoms with E-state index >= 15 is 0 Å². The zero-order valence-electron chi connectivity index (χ0n) is 9.71. The van der Waals surface area contributed by atoms with E-state index in [1.807, 2.05) is 7.05 Å². The van der Waals surface area contributed by atoms with Gasteiger partial charge in [0.05, 0.1) is 12.1 Å². The van der Waals surface area contributed by atoms with E-state index in [2.05, 4.69) is 24.2 Å². The van der Waals surface area contributed by atoms with Crippen molar-refractivity contribution in [1.82, 2.24) is 10.2 Å². The molecule has 0 bridgehead atoms. The maximum absolute atomic E-state index is 9.25. The van der Waals surface area contributed by atoms with Gasteiger partial charge in [0.25, 0.3) is 0 Å². The summed E-state index contributed by atoms with van der Waals surface area (Å²) in [4.78, 5) is 2.33. The Kier molecular flexibility index (Phi) is 4.35. The Morgan fingerprint density at radius 2 is 2.14 bits per heavy atom. The van der Waals surface area contributed by atoms with Crippen molar-refractivity contribution >= 4 is 0 Å². The van der Waals surface area contributed by atoms with Crippen LogP contribution in [0, 0.1) is 5.92 Å². The van der Waals surface area contributed by atoms with Crippen LogP contribution in [0.4, 0.5) is 0 Å². The predicted molar refractivity (Wildman–Crippen MR) is 59.4 cm³/mol. The van der Waals surface area contributed by atoms with E-state index in [0.717, 1.165) is 12.5 Å². The highest BCUT2D eigenvalue weighted by Crippen LogP contribution is 2.26. The highest BCUT2D eigenvalue weighted by Gasteiger charge is 2.25. The SMILES string of the molecule is CNC(C)(CO)CN(C)CC1CCC1. The minimum absolute atomic E-state index is 0.154. The lowest BCUT2D eigenvalue weighted by Gasteiger charge is -2.36. The predicted octanol–water partition coefficient (Wildman–Crippen LogP) is 0.689. The Bertz CT molecular complexity index is 165. The van der Waals surface area contributed by atoms with E-state index in [4.69, 9.17) is 0 Å². The Morgan fingerprint density at radius 1 is 1.50 bits per heavy atom. The minimum Gasteiger partial charge on any atom is -0.394 e. The molecule has 1 saturated carbocycles. The van der Waals surface area contributed by atoms with Crippen LogP contribution in [0.5, 0.6) is 0 Å². The molecule has 0 aromatic heterocycles. The van der Waals surface area contributed by atoms with E-state index in [0.29, 0.717) is 0 Å². The lowest BCUT2D eigenvalue weighted by atomic mass is 9.85. The van der Waals surface area contributed by atoms with E-state index in [1.165, 1.54) is 25.8 Å². The number of aliphatic hydroxyl groups excluding tert-OH is 1. The first kappa shape index (κ1) is 12.0. The normalized spacial score (nSPS) is 22.1. The van der Waals surface area contributed by atoms with Gasteiger partial charge in [-0.1, -0.05) is 6.42 Å². The number of aliphatic hydroxyl groups is 1. The fourth-order valence-electron chi connectivity index (χ4n) is 1.98. The maximum Gasteiger partial charge on any atom is 0.0623 e. The number of likely N-dealkylation sites (N-methyl/N-ethyl adjacent to an activating group) is 2. The molecule has 1 rings (SSSR count). The second kappa shape index (κ2) is 5.10. The molecule has 1 aliphatic carbocycles. The van der Waals surface area contributed by atoms with Gasteiger partial charge >= 0.3 is 0 Å². The summed E-state index contributed by atoms with van der Waals surface area (Å²) in [7, 11) is 4.05. The molecule has 84 valence electrons. The van der Waals surface area contributed by atoms with Gasteiger partial charge < -0.3 is 15.3 Å². The maximum atomic E-state index is 9.25. The van der Waals surface area contributed by atoms with Crippen molar-refractivity contribution in [3.63, 3.8) is 0 Å². The van der Waals surface area contributed by atoms with Gasteiger partial charge in [-0.05, 0) is 39.8 Å². The molecular formula is C11H24N2O. The third-order valence-electron chi connectivity index (χ3n) is 3.37. The quantitative estimate of drug-likeness (QED) is 0.662. The van der Waals surface area contributed by atoms with Gasteiger partial charge in [-0.25, -0.2) is 0 Å². The fraction of sp³-hybridized carbons (Fsp3) is 1.00. The average molecular weight is 200 g/mol. The number of hydrogen-bond donors (Lipinski definition) is 2. The topological polar surface area (TPSA) is 35.5 Å². The lowest BCUT2D eigenvalue weighted by molar-refractivity contribution is 0.118. The van der Waals surface area contributed by atoms with Crippen molar-refractivity contribution in [2.45, 2.75) is 31.7 Å². The largest absolute Gasteiger partial charge is 0.394 e. The summed E-state index contributed by atoms with van der Waals surface area (Å²) in [5.74, 6) is 0.903. The van der Waals surface area contributed by atoms with Crippen LogP contribution >= 0.6 is 0 Å². The molecule has 1 unspecified atom stereocenters. The van der Waals surface area contributed by atoms with Crippen LogP contribution < -0.4 is 5.32 Å². The van der Waals surface area contributed by atoms with Crippen molar-refractivity contribution in [2.24, 2.45) is 5.92 Å². The first-order valence-electron chi connectivity index (χ1n) is 5.58. The Balaban J connectivity index is 2.26. The van der Waals surface area contributed by atoms with E-state index in [1.54, 1.807) is 0 Å². The van der Waals surface area contributed by atoms with Gasteiger partial charge in [0.15, 0.2) is 0 Å². The summed E-state index contributed by atoms with van der Waals surface area (Å²) >= 11 is 0. The van der Waals surface area contributed by atoms with Crippen molar-refractivity contribution in [3.05, 3.63) is 0 Å². The zero-order valence-corrected chi connectivity index (χ0v) is 9.71. The minimum atomic E-state index is -0.154. The van der Waals surface area contributed by atoms with Gasteiger partial charge in [0.2, 0.25) is 0 Å². The molecule has 3 nitrogen and oxygen atoms in total. The molecule has 0 aromatic rings. The molecule has 3 heteroatoms. The molecule has 0 radical (unpaired) electrons. The molecule has 0 heterocycles. The van der Waals surface area contributed by atoms with Crippen molar-refractivity contribution in [2.75, 3.05) is 33.8 Å². The molecule has 0 aliphatic heterocycles. The van der Waals surface area contributed by atoms with Crippen molar-refractivity contribution in [3.8, 4) is 0 Å². The second-order valence-electron chi connectivity index (χ2n) is 4.96. The van der Waals surface area contributed by atoms with Crippen LogP contribution in [0.1, 0.15) is 26.2 Å². The van der Waals surface area contributed by atoms with Crippen LogP contribution in [0.3, 0.4) is 0 Å². The zero-order chi connectivity index (χ0) is 10.6. The Labute approximate surface area is 87.5 Å². The summed E-state index contributed by atoms with van der Waals surface area (Å²) in [6.07, 6.45) is 4.18. The lowest BCUT2D eigenvalue weighted by Crippen LogP contribution is -2.52. The molecule has 0 saturated heterocycles. The van der Waals surface area contributed by atoms with Crippen molar-refractivity contribution in [1.29, 1.82) is 0 Å². The first-order valence-corrected chi connectivity index (χ1v) is 5.58. The smallest absolute Gasteiger partial charge is 0.0623 e. The molecule has 1 fully saturated rings. The first-order chi connectivity index (χ1) is 6.59. The van der Waals surface area contributed by atoms with Crippen LogP contribution in [0.2, 0.25) is 0 Å². The van der Waals surface area contributed by atoms with E-state index < -0.39 is 0 Å². The molecule has 0 amide bonds. The van der Waals surface area contributed by atoms with E-state index in [9.17, 15) is 5.11 Å². The highest BCUT2D eigenvalue weighted by atomic mass is 16.3. The van der Waals surface area contributed by atoms with Crippen LogP contribution in [0.25, 0.3) is 0 Å². The third-order valence-corrected chi connectivity index (χ3v) is 3.37. The fourth-order valence-corrected chi connectivity index (χ4v) is 1.98. The number of nitrogens with zero attached hydrogens (tertiary/aromatic N) is 1. The standard InChI is InChI=1S/C11H24N2O/c1-11(9-14,12-2)8-13(3)7-10-5-4-6-10/h10,12,14H,4-9H2,1-3H3.